The van der Waals surface area contributed by atoms with Crippen LogP contribution in [-0.2, 0) is 25.9 Å². The number of carbonyl (C=O) groups is 1. The quantitative estimate of drug-likeness (QED) is 0.561. The Balaban J connectivity index is 0. The molecule has 0 aliphatic rings. The van der Waals surface area contributed by atoms with Gasteiger partial charge < -0.3 is 4.79 Å². The van der Waals surface area contributed by atoms with Gasteiger partial charge in [0.1, 0.15) is 6.29 Å². The molecule has 0 radical (unpaired) electrons. The Morgan fingerprint density at radius 3 is 2.33 bits per heavy atom. The van der Waals surface area contributed by atoms with E-state index in [1.807, 2.05) is 0 Å². The van der Waals surface area contributed by atoms with Gasteiger partial charge in [-0.3, -0.25) is 0 Å². The first kappa shape index (κ1) is 12.1. The maximum atomic E-state index is 9.77. The maximum Gasteiger partial charge on any atom is 0.119 e. The molecule has 9 heavy (non-hydrogen) atoms. The van der Waals surface area contributed by atoms with Crippen molar-refractivity contribution >= 4 is 6.29 Å². The van der Waals surface area contributed by atoms with E-state index in [-0.39, 0.29) is 21.1 Å². The first-order valence-electron chi connectivity index (χ1n) is 3.35. The van der Waals surface area contributed by atoms with E-state index in [1.165, 1.54) is 19.3 Å². The molecule has 54 valence electrons. The Kier molecular flexibility index (Phi) is 15.0. The summed E-state index contributed by atoms with van der Waals surface area (Å²) in [5.41, 5.74) is 0. The number of hydrogen-bond acceptors (Lipinski definition) is 1. The Labute approximate surface area is 71.5 Å². The topological polar surface area (TPSA) is 17.1 Å². The normalized spacial score (nSPS) is 8.11. The average Bonchev–Trinajstić information content (AvgIpc) is 1.81. The Hall–Kier alpha value is 0.358. The smallest absolute Gasteiger partial charge is 0.119 e. The summed E-state index contributed by atoms with van der Waals surface area (Å²) in [5, 5.41) is 0. The maximum absolute atomic E-state index is 9.77. The number of unbranched alkanes of at least 4 members (excludes halogenated alkanes) is 4. The minimum absolute atomic E-state index is 0. The molecule has 0 amide bonds. The molecule has 0 aromatic heterocycles. The predicted molar refractivity (Wildman–Crippen MR) is 34.8 cm³/mol. The second-order valence-electron chi connectivity index (χ2n) is 2.02. The van der Waals surface area contributed by atoms with E-state index in [2.05, 4.69) is 6.92 Å². The second kappa shape index (κ2) is 11.2. The van der Waals surface area contributed by atoms with Crippen molar-refractivity contribution in [2.45, 2.75) is 39.0 Å². The van der Waals surface area contributed by atoms with Crippen LogP contribution in [0.5, 0.6) is 0 Å². The van der Waals surface area contributed by atoms with Gasteiger partial charge in [-0.15, -0.1) is 0 Å². The van der Waals surface area contributed by atoms with Gasteiger partial charge >= 0.3 is 0 Å². The van der Waals surface area contributed by atoms with Crippen LogP contribution >= 0.6 is 0 Å². The van der Waals surface area contributed by atoms with Crippen LogP contribution in [0.1, 0.15) is 39.0 Å². The van der Waals surface area contributed by atoms with Crippen molar-refractivity contribution in [3.05, 3.63) is 0 Å². The summed E-state index contributed by atoms with van der Waals surface area (Å²) in [5.74, 6) is 0. The number of rotatable bonds is 5. The summed E-state index contributed by atoms with van der Waals surface area (Å²) in [4.78, 5) is 9.77. The number of aldehydes is 1. The molecule has 0 spiro atoms. The predicted octanol–water partition coefficient (Wildman–Crippen LogP) is 2.15. The zero-order chi connectivity index (χ0) is 6.24. The van der Waals surface area contributed by atoms with E-state index >= 15 is 0 Å². The zero-order valence-electron chi connectivity index (χ0n) is 5.93. The van der Waals surface area contributed by atoms with Crippen LogP contribution in [0.4, 0.5) is 0 Å². The third kappa shape index (κ3) is 11.8. The standard InChI is InChI=1S/C7H14O.W/c1-2-3-4-5-6-7-8;/h7H,2-6H2,1H3;. The third-order valence-electron chi connectivity index (χ3n) is 1.18. The number of carbonyl (C=O) groups excluding carboxylic acids is 1. The molecular formula is C7H14OW. The molecule has 0 aliphatic carbocycles. The third-order valence-corrected chi connectivity index (χ3v) is 1.18. The summed E-state index contributed by atoms with van der Waals surface area (Å²) < 4.78 is 0. The molecule has 1 nitrogen and oxygen atoms in total. The van der Waals surface area contributed by atoms with Gasteiger partial charge in [0.25, 0.3) is 0 Å². The molecule has 0 saturated heterocycles. The summed E-state index contributed by atoms with van der Waals surface area (Å²) in [6.07, 6.45) is 6.56. The first-order chi connectivity index (χ1) is 3.91. The van der Waals surface area contributed by atoms with Gasteiger partial charge in [-0.1, -0.05) is 26.2 Å². The van der Waals surface area contributed by atoms with Gasteiger partial charge in [-0.25, -0.2) is 0 Å². The molecule has 0 bridgehead atoms. The van der Waals surface area contributed by atoms with E-state index in [0.717, 1.165) is 19.1 Å². The molecule has 0 atom stereocenters. The van der Waals surface area contributed by atoms with E-state index in [9.17, 15) is 4.79 Å². The van der Waals surface area contributed by atoms with Crippen LogP contribution < -0.4 is 0 Å². The van der Waals surface area contributed by atoms with E-state index in [1.54, 1.807) is 0 Å². The van der Waals surface area contributed by atoms with Crippen LogP contribution in [0.3, 0.4) is 0 Å². The Morgan fingerprint density at radius 2 is 1.89 bits per heavy atom. The molecule has 0 fully saturated rings. The van der Waals surface area contributed by atoms with Crippen LogP contribution in [-0.4, -0.2) is 6.29 Å². The summed E-state index contributed by atoms with van der Waals surface area (Å²) >= 11 is 0. The van der Waals surface area contributed by atoms with E-state index in [4.69, 9.17) is 0 Å². The first-order valence-corrected chi connectivity index (χ1v) is 3.35. The second-order valence-corrected chi connectivity index (χ2v) is 2.02. The van der Waals surface area contributed by atoms with Crippen molar-refractivity contribution in [3.63, 3.8) is 0 Å². The Morgan fingerprint density at radius 1 is 1.22 bits per heavy atom. The monoisotopic (exact) mass is 298 g/mol. The van der Waals surface area contributed by atoms with Gasteiger partial charge in [0.05, 0.1) is 0 Å². The summed E-state index contributed by atoms with van der Waals surface area (Å²) in [6.45, 7) is 2.17. The van der Waals surface area contributed by atoms with E-state index in [0.29, 0.717) is 0 Å². The van der Waals surface area contributed by atoms with Crippen molar-refractivity contribution in [3.8, 4) is 0 Å². The molecule has 0 unspecified atom stereocenters. The molecule has 0 aromatic carbocycles. The SMILES string of the molecule is CCCCCCC=O.[W]. The minimum atomic E-state index is 0. The summed E-state index contributed by atoms with van der Waals surface area (Å²) in [6, 6.07) is 0. The van der Waals surface area contributed by atoms with Crippen LogP contribution in [0.2, 0.25) is 0 Å². The van der Waals surface area contributed by atoms with Gasteiger partial charge in [0, 0.05) is 27.5 Å². The average molecular weight is 298 g/mol. The van der Waals surface area contributed by atoms with Gasteiger partial charge in [0.2, 0.25) is 0 Å². The van der Waals surface area contributed by atoms with Crippen molar-refractivity contribution in [1.82, 2.24) is 0 Å². The molecule has 0 aliphatic heterocycles. The Bertz CT molecular complexity index is 54.9. The largest absolute Gasteiger partial charge is 0.303 e. The van der Waals surface area contributed by atoms with Crippen molar-refractivity contribution in [2.75, 3.05) is 0 Å². The molecular weight excluding hydrogens is 284 g/mol. The molecule has 0 saturated carbocycles. The van der Waals surface area contributed by atoms with Crippen LogP contribution in [0.25, 0.3) is 0 Å². The molecule has 2 heteroatoms. The molecule has 0 rings (SSSR count). The van der Waals surface area contributed by atoms with Crippen LogP contribution in [0, 0.1) is 0 Å². The van der Waals surface area contributed by atoms with Gasteiger partial charge in [-0.2, -0.15) is 0 Å². The van der Waals surface area contributed by atoms with Gasteiger partial charge in [-0.05, 0) is 6.42 Å². The number of hydrogen-bond donors (Lipinski definition) is 0. The molecule has 0 aromatic rings. The fraction of sp³-hybridized carbons (Fsp3) is 0.857. The van der Waals surface area contributed by atoms with Crippen molar-refractivity contribution in [2.24, 2.45) is 0 Å². The van der Waals surface area contributed by atoms with E-state index < -0.39 is 0 Å². The van der Waals surface area contributed by atoms with Crippen molar-refractivity contribution in [1.29, 1.82) is 0 Å². The molecule has 0 N–H and O–H groups in total. The fourth-order valence-corrected chi connectivity index (χ4v) is 0.654. The fourth-order valence-electron chi connectivity index (χ4n) is 0.654. The van der Waals surface area contributed by atoms with Crippen LogP contribution in [0.15, 0.2) is 0 Å². The molecule has 0 heterocycles. The van der Waals surface area contributed by atoms with Crippen molar-refractivity contribution < 1.29 is 25.9 Å². The minimum Gasteiger partial charge on any atom is -0.303 e. The van der Waals surface area contributed by atoms with Gasteiger partial charge in [0.15, 0.2) is 0 Å². The summed E-state index contributed by atoms with van der Waals surface area (Å²) in [7, 11) is 0. The zero-order valence-corrected chi connectivity index (χ0v) is 8.86.